The van der Waals surface area contributed by atoms with Gasteiger partial charge in [0.15, 0.2) is 0 Å². The van der Waals surface area contributed by atoms with E-state index in [-0.39, 0.29) is 0 Å². The molecule has 0 N–H and O–H groups in total. The molecule has 1 unspecified atom stereocenters. The molecule has 1 nitrogen and oxygen atoms in total. The molecular weight excluding hydrogens is 316 g/mol. The summed E-state index contributed by atoms with van der Waals surface area (Å²) >= 11 is 0. The minimum Gasteiger partial charge on any atom is -0.300 e. The van der Waals surface area contributed by atoms with Gasteiger partial charge in [0, 0.05) is 12.8 Å². The van der Waals surface area contributed by atoms with Gasteiger partial charge in [0.05, 0.1) is 0 Å². The van der Waals surface area contributed by atoms with E-state index in [0.29, 0.717) is 17.6 Å². The molecule has 0 aromatic heterocycles. The van der Waals surface area contributed by atoms with Crippen molar-refractivity contribution in [2.45, 2.75) is 143 Å². The zero-order chi connectivity index (χ0) is 19.5. The third-order valence-electron chi connectivity index (χ3n) is 5.92. The van der Waals surface area contributed by atoms with E-state index in [2.05, 4.69) is 27.7 Å². The van der Waals surface area contributed by atoms with Gasteiger partial charge in [0.1, 0.15) is 5.78 Å². The average molecular weight is 367 g/mol. The zero-order valence-corrected chi connectivity index (χ0v) is 18.8. The molecule has 0 spiro atoms. The van der Waals surface area contributed by atoms with Gasteiger partial charge in [-0.3, -0.25) is 4.79 Å². The van der Waals surface area contributed by atoms with E-state index in [4.69, 9.17) is 0 Å². The molecule has 0 aliphatic rings. The second-order valence-electron chi connectivity index (χ2n) is 8.88. The predicted molar refractivity (Wildman–Crippen MR) is 118 cm³/mol. The lowest BCUT2D eigenvalue weighted by Gasteiger charge is -2.20. The Kier molecular flexibility index (Phi) is 19.2. The Morgan fingerprint density at radius 1 is 0.615 bits per heavy atom. The van der Waals surface area contributed by atoms with E-state index in [9.17, 15) is 4.79 Å². The molecule has 0 bridgehead atoms. The first-order valence-electron chi connectivity index (χ1n) is 12.1. The van der Waals surface area contributed by atoms with Crippen molar-refractivity contribution in [1.29, 1.82) is 0 Å². The van der Waals surface area contributed by atoms with Gasteiger partial charge < -0.3 is 0 Å². The minimum absolute atomic E-state index is 0.525. The number of hydrogen-bond donors (Lipinski definition) is 0. The fraction of sp³-hybridized carbons (Fsp3) is 0.960. The lowest BCUT2D eigenvalue weighted by molar-refractivity contribution is -0.120. The second-order valence-corrected chi connectivity index (χ2v) is 8.88. The molecule has 0 aliphatic carbocycles. The smallest absolute Gasteiger partial charge is 0.133 e. The molecule has 0 aromatic carbocycles. The maximum atomic E-state index is 12.3. The van der Waals surface area contributed by atoms with E-state index < -0.39 is 0 Å². The van der Waals surface area contributed by atoms with Crippen LogP contribution < -0.4 is 0 Å². The van der Waals surface area contributed by atoms with Crippen LogP contribution in [0.5, 0.6) is 0 Å². The van der Waals surface area contributed by atoms with Gasteiger partial charge in [-0.2, -0.15) is 0 Å². The van der Waals surface area contributed by atoms with Gasteiger partial charge >= 0.3 is 0 Å². The molecule has 0 saturated heterocycles. The Bertz CT molecular complexity index is 295. The minimum atomic E-state index is 0.525. The highest BCUT2D eigenvalue weighted by atomic mass is 16.1. The highest BCUT2D eigenvalue weighted by Gasteiger charge is 2.16. The van der Waals surface area contributed by atoms with Gasteiger partial charge in [-0.15, -0.1) is 0 Å². The van der Waals surface area contributed by atoms with Gasteiger partial charge in [-0.05, 0) is 24.7 Å². The molecule has 0 amide bonds. The molecular formula is C25H50O. The SMILES string of the molecule is CCCCCCCCCCCCC(=O)CC(CCCCCCC)C(C)C. The van der Waals surface area contributed by atoms with Crippen LogP contribution in [-0.2, 0) is 4.79 Å². The summed E-state index contributed by atoms with van der Waals surface area (Å²) in [6.45, 7) is 9.14. The Balaban J connectivity index is 3.61. The van der Waals surface area contributed by atoms with Gasteiger partial charge in [0.2, 0.25) is 0 Å². The molecule has 0 fully saturated rings. The normalized spacial score (nSPS) is 12.7. The van der Waals surface area contributed by atoms with E-state index in [1.54, 1.807) is 0 Å². The number of carbonyl (C=O) groups is 1. The fourth-order valence-corrected chi connectivity index (χ4v) is 3.89. The van der Waals surface area contributed by atoms with Crippen molar-refractivity contribution in [3.8, 4) is 0 Å². The Morgan fingerprint density at radius 2 is 1.04 bits per heavy atom. The summed E-state index contributed by atoms with van der Waals surface area (Å²) in [5, 5.41) is 0. The Morgan fingerprint density at radius 3 is 1.50 bits per heavy atom. The van der Waals surface area contributed by atoms with Crippen molar-refractivity contribution in [3.63, 3.8) is 0 Å². The lowest BCUT2D eigenvalue weighted by atomic mass is 9.85. The predicted octanol–water partition coefficient (Wildman–Crippen LogP) is 8.89. The average Bonchev–Trinajstić information content (AvgIpc) is 2.62. The van der Waals surface area contributed by atoms with Crippen LogP contribution in [0, 0.1) is 11.8 Å². The third kappa shape index (κ3) is 17.1. The maximum absolute atomic E-state index is 12.3. The van der Waals surface area contributed by atoms with Crippen LogP contribution in [0.2, 0.25) is 0 Å². The summed E-state index contributed by atoms with van der Waals surface area (Å²) < 4.78 is 0. The molecule has 156 valence electrons. The molecule has 1 atom stereocenters. The molecule has 0 radical (unpaired) electrons. The maximum Gasteiger partial charge on any atom is 0.133 e. The third-order valence-corrected chi connectivity index (χ3v) is 5.92. The summed E-state index contributed by atoms with van der Waals surface area (Å²) in [6.07, 6.45) is 23.1. The van der Waals surface area contributed by atoms with Crippen LogP contribution in [0.3, 0.4) is 0 Å². The standard InChI is InChI=1S/C25H50O/c1-5-7-9-11-12-13-14-15-17-19-21-25(26)22-24(23(3)4)20-18-16-10-8-6-2/h23-24H,5-22H2,1-4H3. The quantitative estimate of drug-likeness (QED) is 0.197. The topological polar surface area (TPSA) is 17.1 Å². The first-order chi connectivity index (χ1) is 12.6. The summed E-state index contributed by atoms with van der Waals surface area (Å²) in [4.78, 5) is 12.3. The number of unbranched alkanes of at least 4 members (excludes halogenated alkanes) is 13. The lowest BCUT2D eigenvalue weighted by Crippen LogP contribution is -2.14. The molecule has 0 saturated carbocycles. The molecule has 0 aliphatic heterocycles. The molecule has 1 heteroatoms. The van der Waals surface area contributed by atoms with Crippen molar-refractivity contribution in [2.75, 3.05) is 0 Å². The van der Waals surface area contributed by atoms with Crippen LogP contribution in [0.25, 0.3) is 0 Å². The Hall–Kier alpha value is -0.330. The van der Waals surface area contributed by atoms with Crippen molar-refractivity contribution in [3.05, 3.63) is 0 Å². The summed E-state index contributed by atoms with van der Waals surface area (Å²) in [5.41, 5.74) is 0. The van der Waals surface area contributed by atoms with Gasteiger partial charge in [-0.25, -0.2) is 0 Å². The first kappa shape index (κ1) is 25.7. The molecule has 26 heavy (non-hydrogen) atoms. The van der Waals surface area contributed by atoms with E-state index in [0.717, 1.165) is 19.3 Å². The van der Waals surface area contributed by atoms with Gasteiger partial charge in [0.25, 0.3) is 0 Å². The number of carbonyl (C=O) groups excluding carboxylic acids is 1. The van der Waals surface area contributed by atoms with E-state index >= 15 is 0 Å². The number of rotatable bonds is 20. The van der Waals surface area contributed by atoms with Crippen molar-refractivity contribution >= 4 is 5.78 Å². The van der Waals surface area contributed by atoms with Crippen molar-refractivity contribution < 1.29 is 4.79 Å². The Labute approximate surface area is 166 Å². The highest BCUT2D eigenvalue weighted by Crippen LogP contribution is 2.24. The summed E-state index contributed by atoms with van der Waals surface area (Å²) in [5.74, 6) is 1.79. The molecule has 0 aromatic rings. The van der Waals surface area contributed by atoms with E-state index in [1.165, 1.54) is 96.3 Å². The number of Topliss-reactive ketones (excluding diaryl/α,β-unsaturated/α-hetero) is 1. The first-order valence-corrected chi connectivity index (χ1v) is 12.1. The van der Waals surface area contributed by atoms with Crippen LogP contribution in [0.4, 0.5) is 0 Å². The summed E-state index contributed by atoms with van der Waals surface area (Å²) in [6, 6.07) is 0. The molecule has 0 rings (SSSR count). The monoisotopic (exact) mass is 366 g/mol. The van der Waals surface area contributed by atoms with Gasteiger partial charge in [-0.1, -0.05) is 118 Å². The largest absolute Gasteiger partial charge is 0.300 e. The van der Waals surface area contributed by atoms with E-state index in [1.807, 2.05) is 0 Å². The van der Waals surface area contributed by atoms with Crippen molar-refractivity contribution in [1.82, 2.24) is 0 Å². The number of hydrogen-bond acceptors (Lipinski definition) is 1. The summed E-state index contributed by atoms with van der Waals surface area (Å²) in [7, 11) is 0. The van der Waals surface area contributed by atoms with Crippen LogP contribution in [0.1, 0.15) is 143 Å². The van der Waals surface area contributed by atoms with Crippen LogP contribution in [0.15, 0.2) is 0 Å². The highest BCUT2D eigenvalue weighted by molar-refractivity contribution is 5.78. The second kappa shape index (κ2) is 19.4. The number of ketones is 1. The fourth-order valence-electron chi connectivity index (χ4n) is 3.89. The molecule has 0 heterocycles. The van der Waals surface area contributed by atoms with Crippen LogP contribution in [-0.4, -0.2) is 5.78 Å². The van der Waals surface area contributed by atoms with Crippen LogP contribution >= 0.6 is 0 Å². The van der Waals surface area contributed by atoms with Crippen molar-refractivity contribution in [2.24, 2.45) is 11.8 Å². The zero-order valence-electron chi connectivity index (χ0n) is 18.8.